The molecular weight excluding hydrogens is 470 g/mol. The maximum Gasteiger partial charge on any atom is 0.135 e. The Bertz CT molecular complexity index is 1320. The maximum atomic E-state index is 10.7. The third kappa shape index (κ3) is 7.94. The number of phenolic OH excluding ortho intramolecular Hbond substituents is 1. The first-order chi connectivity index (χ1) is 18.3. The molecule has 0 saturated carbocycles. The van der Waals surface area contributed by atoms with E-state index in [1.807, 2.05) is 79.7 Å². The quantitative estimate of drug-likeness (QED) is 0.171. The molecule has 38 heavy (non-hydrogen) atoms. The predicted octanol–water partition coefficient (Wildman–Crippen LogP) is 7.97. The van der Waals surface area contributed by atoms with Crippen molar-refractivity contribution in [2.45, 2.75) is 47.0 Å². The molecule has 0 aliphatic carbocycles. The van der Waals surface area contributed by atoms with Crippen LogP contribution in [0.15, 0.2) is 89.6 Å². The zero-order valence-electron chi connectivity index (χ0n) is 22.9. The van der Waals surface area contributed by atoms with Crippen molar-refractivity contribution in [3.8, 4) is 22.6 Å². The van der Waals surface area contributed by atoms with Crippen molar-refractivity contribution in [2.75, 3.05) is 6.54 Å². The molecule has 0 heterocycles. The summed E-state index contributed by atoms with van der Waals surface area (Å²) < 4.78 is 6.35. The van der Waals surface area contributed by atoms with Crippen molar-refractivity contribution in [3.05, 3.63) is 101 Å². The first-order valence-electron chi connectivity index (χ1n) is 13.2. The largest absolute Gasteiger partial charge is 0.507 e. The number of ether oxygens (including phenoxy) is 1. The lowest BCUT2D eigenvalue weighted by atomic mass is 9.99. The van der Waals surface area contributed by atoms with Gasteiger partial charge in [-0.25, -0.2) is 0 Å². The van der Waals surface area contributed by atoms with Crippen molar-refractivity contribution >= 4 is 17.6 Å². The molecule has 0 unspecified atom stereocenters. The lowest BCUT2D eigenvalue weighted by Gasteiger charge is -2.15. The lowest BCUT2D eigenvalue weighted by Crippen LogP contribution is -2.04. The van der Waals surface area contributed by atoms with Gasteiger partial charge in [-0.15, -0.1) is 0 Å². The van der Waals surface area contributed by atoms with Crippen LogP contribution in [-0.4, -0.2) is 23.6 Å². The normalized spacial score (nSPS) is 12.6. The molecule has 198 valence electrons. The van der Waals surface area contributed by atoms with Gasteiger partial charge in [0.1, 0.15) is 17.3 Å². The number of nitrogens with zero attached hydrogens (tertiary/aromatic N) is 1. The number of benzene rings is 3. The highest BCUT2D eigenvalue weighted by Crippen LogP contribution is 2.36. The van der Waals surface area contributed by atoms with Crippen LogP contribution >= 0.6 is 0 Å². The molecule has 3 rings (SSSR count). The minimum Gasteiger partial charge on any atom is -0.507 e. The zero-order chi connectivity index (χ0) is 27.5. The SMILES string of the molecule is CCC/C=C(/N)c1ccc(-c2ccc(C=N)cc2O/C(C)=C/C(=N\CCC(C)C)c2ccccc2)cc1O. The standard InChI is InChI=1S/C33H39N3O2/c1-5-6-12-30(35)29-16-14-27(21-32(29)37)28-15-13-25(22-34)20-33(28)38-24(4)19-31(36-18-17-23(2)3)26-10-8-7-9-11-26/h7-16,19-23,34,37H,5-6,17-18,35H2,1-4H3/b24-19+,30-12+,34-22?,36-31+. The van der Waals surface area contributed by atoms with Crippen LogP contribution in [0, 0.1) is 11.3 Å². The van der Waals surface area contributed by atoms with E-state index in [1.54, 1.807) is 6.07 Å². The van der Waals surface area contributed by atoms with Crippen LogP contribution in [0.4, 0.5) is 0 Å². The fourth-order valence-electron chi connectivity index (χ4n) is 3.97. The highest BCUT2D eigenvalue weighted by Gasteiger charge is 2.13. The minimum absolute atomic E-state index is 0.116. The van der Waals surface area contributed by atoms with Crippen molar-refractivity contribution in [2.24, 2.45) is 16.6 Å². The van der Waals surface area contributed by atoms with Crippen molar-refractivity contribution in [1.29, 1.82) is 5.41 Å². The first kappa shape index (κ1) is 28.5. The van der Waals surface area contributed by atoms with Gasteiger partial charge < -0.3 is 21.0 Å². The summed E-state index contributed by atoms with van der Waals surface area (Å²) in [6.07, 6.45) is 8.03. The Kier molecular flexibility index (Phi) is 10.5. The van der Waals surface area contributed by atoms with E-state index >= 15 is 0 Å². The van der Waals surface area contributed by atoms with Gasteiger partial charge in [-0.1, -0.05) is 75.7 Å². The molecule has 0 bridgehead atoms. The van der Waals surface area contributed by atoms with E-state index in [2.05, 4.69) is 20.8 Å². The van der Waals surface area contributed by atoms with Crippen LogP contribution in [-0.2, 0) is 0 Å². The number of unbranched alkanes of at least 4 members (excludes halogenated alkanes) is 1. The summed E-state index contributed by atoms with van der Waals surface area (Å²) in [5, 5.41) is 18.5. The fourth-order valence-corrected chi connectivity index (χ4v) is 3.97. The third-order valence-electron chi connectivity index (χ3n) is 6.11. The summed E-state index contributed by atoms with van der Waals surface area (Å²) in [6, 6.07) is 21.1. The number of rotatable bonds is 12. The van der Waals surface area contributed by atoms with Gasteiger partial charge in [-0.2, -0.15) is 0 Å². The van der Waals surface area contributed by atoms with E-state index < -0.39 is 0 Å². The minimum atomic E-state index is 0.116. The molecule has 0 radical (unpaired) electrons. The summed E-state index contributed by atoms with van der Waals surface area (Å²) in [7, 11) is 0. The highest BCUT2D eigenvalue weighted by molar-refractivity contribution is 6.09. The Morgan fingerprint density at radius 3 is 2.50 bits per heavy atom. The average Bonchev–Trinajstić information content (AvgIpc) is 2.91. The number of allylic oxidation sites excluding steroid dienone is 3. The molecular formula is C33H39N3O2. The molecule has 0 aromatic heterocycles. The van der Waals surface area contributed by atoms with Crippen LogP contribution in [0.3, 0.4) is 0 Å². The summed E-state index contributed by atoms with van der Waals surface area (Å²) in [5.41, 5.74) is 11.6. The summed E-state index contributed by atoms with van der Waals surface area (Å²) in [5.74, 6) is 1.96. The molecule has 3 aromatic rings. The Morgan fingerprint density at radius 2 is 1.84 bits per heavy atom. The molecule has 0 spiro atoms. The third-order valence-corrected chi connectivity index (χ3v) is 6.11. The predicted molar refractivity (Wildman–Crippen MR) is 160 cm³/mol. The van der Waals surface area contributed by atoms with E-state index in [0.29, 0.717) is 28.7 Å². The Labute approximate surface area is 226 Å². The number of aliphatic imine (C=N–C) groups is 1. The van der Waals surface area contributed by atoms with E-state index in [1.165, 1.54) is 6.21 Å². The molecule has 5 nitrogen and oxygen atoms in total. The van der Waals surface area contributed by atoms with Gasteiger partial charge >= 0.3 is 0 Å². The van der Waals surface area contributed by atoms with Crippen molar-refractivity contribution in [3.63, 3.8) is 0 Å². The zero-order valence-corrected chi connectivity index (χ0v) is 22.9. The molecule has 5 heteroatoms. The fraction of sp³-hybridized carbons (Fsp3) is 0.273. The number of hydrogen-bond donors (Lipinski definition) is 3. The Morgan fingerprint density at radius 1 is 1.08 bits per heavy atom. The van der Waals surface area contributed by atoms with Crippen LogP contribution in [0.25, 0.3) is 16.8 Å². The van der Waals surface area contributed by atoms with Gasteiger partial charge in [0.25, 0.3) is 0 Å². The highest BCUT2D eigenvalue weighted by atomic mass is 16.5. The second-order valence-corrected chi connectivity index (χ2v) is 9.75. The molecule has 0 saturated heterocycles. The number of nitrogens with two attached hydrogens (primary N) is 1. The van der Waals surface area contributed by atoms with E-state index in [4.69, 9.17) is 20.9 Å². The number of hydrogen-bond acceptors (Lipinski definition) is 5. The Hall–Kier alpha value is -4.12. The molecule has 0 amide bonds. The monoisotopic (exact) mass is 509 g/mol. The van der Waals surface area contributed by atoms with Gasteiger partial charge in [0.05, 0.1) is 5.71 Å². The summed E-state index contributed by atoms with van der Waals surface area (Å²) in [6.45, 7) is 9.12. The lowest BCUT2D eigenvalue weighted by molar-refractivity contribution is 0.430. The summed E-state index contributed by atoms with van der Waals surface area (Å²) >= 11 is 0. The number of phenols is 1. The van der Waals surface area contributed by atoms with Gasteiger partial charge in [-0.3, -0.25) is 4.99 Å². The number of aromatic hydroxyl groups is 1. The van der Waals surface area contributed by atoms with Crippen LogP contribution in [0.5, 0.6) is 11.5 Å². The average molecular weight is 510 g/mol. The Balaban J connectivity index is 1.97. The first-order valence-corrected chi connectivity index (χ1v) is 13.2. The maximum absolute atomic E-state index is 10.7. The van der Waals surface area contributed by atoms with E-state index in [0.717, 1.165) is 53.8 Å². The van der Waals surface area contributed by atoms with Crippen LogP contribution < -0.4 is 10.5 Å². The smallest absolute Gasteiger partial charge is 0.135 e. The van der Waals surface area contributed by atoms with Crippen LogP contribution in [0.2, 0.25) is 0 Å². The molecule has 4 N–H and O–H groups in total. The topological polar surface area (TPSA) is 91.7 Å². The van der Waals surface area contributed by atoms with Crippen LogP contribution in [0.1, 0.15) is 63.6 Å². The van der Waals surface area contributed by atoms with Crippen molar-refractivity contribution < 1.29 is 9.84 Å². The van der Waals surface area contributed by atoms with Gasteiger partial charge in [0.2, 0.25) is 0 Å². The number of nitrogens with one attached hydrogen (secondary N) is 1. The van der Waals surface area contributed by atoms with Gasteiger partial charge in [0.15, 0.2) is 0 Å². The van der Waals surface area contributed by atoms with Gasteiger partial charge in [-0.05, 0) is 66.6 Å². The van der Waals surface area contributed by atoms with E-state index in [-0.39, 0.29) is 5.75 Å². The molecule has 0 aliphatic heterocycles. The molecule has 0 aliphatic rings. The van der Waals surface area contributed by atoms with E-state index in [9.17, 15) is 5.11 Å². The molecule has 3 aromatic carbocycles. The molecule has 0 atom stereocenters. The van der Waals surface area contributed by atoms with Crippen molar-refractivity contribution in [1.82, 2.24) is 0 Å². The van der Waals surface area contributed by atoms with Gasteiger partial charge in [0, 0.05) is 35.7 Å². The summed E-state index contributed by atoms with van der Waals surface area (Å²) in [4.78, 5) is 4.86. The second-order valence-electron chi connectivity index (χ2n) is 9.75. The second kappa shape index (κ2) is 14.0. The molecule has 0 fully saturated rings.